The fraction of sp³-hybridized carbons (Fsp3) is 0.0714. The highest BCUT2D eigenvalue weighted by Gasteiger charge is 2.05. The van der Waals surface area contributed by atoms with E-state index in [1.165, 1.54) is 0 Å². The maximum absolute atomic E-state index is 10.9. The molecule has 0 bridgehead atoms. The molecular weight excluding hydrogens is 236 g/mol. The van der Waals surface area contributed by atoms with Crippen LogP contribution in [0.25, 0.3) is 0 Å². The number of halogens is 1. The Balaban J connectivity index is 2.29. The number of carbonyl (C=O) groups is 1. The molecule has 0 fully saturated rings. The minimum atomic E-state index is 0.443. The van der Waals surface area contributed by atoms with E-state index in [0.717, 1.165) is 11.8 Å². The van der Waals surface area contributed by atoms with Crippen molar-refractivity contribution in [1.82, 2.24) is 0 Å². The van der Waals surface area contributed by atoms with Crippen LogP contribution < -0.4 is 4.74 Å². The largest absolute Gasteiger partial charge is 0.457 e. The second kappa shape index (κ2) is 5.02. The monoisotopic (exact) mass is 246 g/mol. The van der Waals surface area contributed by atoms with Gasteiger partial charge in [0.15, 0.2) is 6.29 Å². The molecule has 2 rings (SSSR count). The van der Waals surface area contributed by atoms with Gasteiger partial charge in [-0.15, -0.1) is 0 Å². The minimum absolute atomic E-state index is 0.443. The molecule has 0 atom stereocenters. The van der Waals surface area contributed by atoms with Gasteiger partial charge in [0.2, 0.25) is 0 Å². The molecule has 0 heterocycles. The molecule has 0 unspecified atom stereocenters. The number of hydrogen-bond donors (Lipinski definition) is 0. The molecule has 17 heavy (non-hydrogen) atoms. The smallest absolute Gasteiger partial charge is 0.153 e. The van der Waals surface area contributed by atoms with Crippen molar-refractivity contribution < 1.29 is 9.53 Å². The first-order chi connectivity index (χ1) is 8.19. The van der Waals surface area contributed by atoms with Gasteiger partial charge >= 0.3 is 0 Å². The Morgan fingerprint density at radius 3 is 2.47 bits per heavy atom. The molecule has 3 heteroatoms. The van der Waals surface area contributed by atoms with E-state index in [-0.39, 0.29) is 0 Å². The molecule has 0 aromatic heterocycles. The fourth-order valence-corrected chi connectivity index (χ4v) is 1.62. The molecule has 2 nitrogen and oxygen atoms in total. The molecule has 2 aromatic rings. The molecule has 0 saturated heterocycles. The first-order valence-corrected chi connectivity index (χ1v) is 5.56. The van der Waals surface area contributed by atoms with Gasteiger partial charge in [0.05, 0.1) is 5.56 Å². The van der Waals surface area contributed by atoms with E-state index in [4.69, 9.17) is 16.3 Å². The Kier molecular flexibility index (Phi) is 3.45. The summed E-state index contributed by atoms with van der Waals surface area (Å²) in [5, 5.41) is 0.517. The van der Waals surface area contributed by atoms with Crippen molar-refractivity contribution >= 4 is 17.9 Å². The summed E-state index contributed by atoms with van der Waals surface area (Å²) >= 11 is 5.80. The van der Waals surface area contributed by atoms with Gasteiger partial charge in [-0.05, 0) is 37.3 Å². The Morgan fingerprint density at radius 2 is 1.82 bits per heavy atom. The zero-order chi connectivity index (χ0) is 12.3. The van der Waals surface area contributed by atoms with Crippen molar-refractivity contribution in [1.29, 1.82) is 0 Å². The highest BCUT2D eigenvalue weighted by Crippen LogP contribution is 2.26. The van der Waals surface area contributed by atoms with Gasteiger partial charge in [-0.25, -0.2) is 0 Å². The lowest BCUT2D eigenvalue weighted by Crippen LogP contribution is -1.90. The second-order valence-electron chi connectivity index (χ2n) is 3.72. The highest BCUT2D eigenvalue weighted by molar-refractivity contribution is 6.30. The lowest BCUT2D eigenvalue weighted by atomic mass is 10.2. The number of rotatable bonds is 3. The number of hydrogen-bond acceptors (Lipinski definition) is 2. The first-order valence-electron chi connectivity index (χ1n) is 5.18. The highest BCUT2D eigenvalue weighted by atomic mass is 35.5. The molecule has 2 aromatic carbocycles. The number of aldehydes is 1. The lowest BCUT2D eigenvalue weighted by molar-refractivity contribution is 0.112. The van der Waals surface area contributed by atoms with Crippen molar-refractivity contribution in [2.24, 2.45) is 0 Å². The summed E-state index contributed by atoms with van der Waals surface area (Å²) < 4.78 is 5.62. The van der Waals surface area contributed by atoms with E-state index in [1.807, 2.05) is 31.2 Å². The normalized spacial score (nSPS) is 10.0. The summed E-state index contributed by atoms with van der Waals surface area (Å²) in [6.45, 7) is 2.00. The minimum Gasteiger partial charge on any atom is -0.457 e. The zero-order valence-electron chi connectivity index (χ0n) is 9.31. The van der Waals surface area contributed by atoms with E-state index in [0.29, 0.717) is 22.1 Å². The van der Waals surface area contributed by atoms with Crippen molar-refractivity contribution in [2.45, 2.75) is 6.92 Å². The number of ether oxygens (including phenoxy) is 1. The average molecular weight is 247 g/mol. The molecule has 0 amide bonds. The van der Waals surface area contributed by atoms with Crippen LogP contribution >= 0.6 is 11.6 Å². The van der Waals surface area contributed by atoms with E-state index in [1.54, 1.807) is 18.2 Å². The van der Waals surface area contributed by atoms with E-state index in [2.05, 4.69) is 0 Å². The van der Waals surface area contributed by atoms with Gasteiger partial charge in [0.1, 0.15) is 11.5 Å². The van der Waals surface area contributed by atoms with Crippen molar-refractivity contribution in [3.05, 3.63) is 58.6 Å². The maximum Gasteiger partial charge on any atom is 0.153 e. The van der Waals surface area contributed by atoms with Crippen LogP contribution in [0.5, 0.6) is 11.5 Å². The Labute approximate surface area is 105 Å². The molecule has 0 radical (unpaired) electrons. The molecule has 0 aliphatic heterocycles. The van der Waals surface area contributed by atoms with Crippen LogP contribution in [-0.4, -0.2) is 6.29 Å². The molecule has 86 valence electrons. The molecule has 0 saturated carbocycles. The Hall–Kier alpha value is -1.80. The predicted octanol–water partition coefficient (Wildman–Crippen LogP) is 4.25. The summed E-state index contributed by atoms with van der Waals surface area (Å²) in [5.74, 6) is 1.20. The van der Waals surface area contributed by atoms with Crippen molar-refractivity contribution in [3.63, 3.8) is 0 Å². The Bertz CT molecular complexity index is 532. The van der Waals surface area contributed by atoms with Gasteiger partial charge in [0.25, 0.3) is 0 Å². The van der Waals surface area contributed by atoms with Crippen LogP contribution in [0.3, 0.4) is 0 Å². The van der Waals surface area contributed by atoms with Crippen molar-refractivity contribution in [3.8, 4) is 11.5 Å². The summed E-state index contributed by atoms with van der Waals surface area (Å²) in [5.41, 5.74) is 1.60. The Morgan fingerprint density at radius 1 is 1.12 bits per heavy atom. The maximum atomic E-state index is 10.9. The number of aryl methyl sites for hydroxylation is 1. The fourth-order valence-electron chi connectivity index (χ4n) is 1.44. The van der Waals surface area contributed by atoms with E-state index < -0.39 is 0 Å². The molecule has 0 spiro atoms. The van der Waals surface area contributed by atoms with Crippen molar-refractivity contribution in [2.75, 3.05) is 0 Å². The average Bonchev–Trinajstić information content (AvgIpc) is 2.34. The topological polar surface area (TPSA) is 26.3 Å². The SMILES string of the molecule is Cc1ccc(Oc2ccc(Cl)cc2C=O)cc1. The van der Waals surface area contributed by atoms with Crippen LogP contribution in [0.2, 0.25) is 5.02 Å². The summed E-state index contributed by atoms with van der Waals surface area (Å²) in [6.07, 6.45) is 0.732. The van der Waals surface area contributed by atoms with Crippen LogP contribution in [0.15, 0.2) is 42.5 Å². The molecule has 0 aliphatic rings. The second-order valence-corrected chi connectivity index (χ2v) is 4.15. The van der Waals surface area contributed by atoms with Gasteiger partial charge < -0.3 is 4.74 Å². The summed E-state index contributed by atoms with van der Waals surface area (Å²) in [6, 6.07) is 12.6. The van der Waals surface area contributed by atoms with Crippen LogP contribution in [0.1, 0.15) is 15.9 Å². The predicted molar refractivity (Wildman–Crippen MR) is 68.1 cm³/mol. The van der Waals surface area contributed by atoms with Gasteiger partial charge in [0, 0.05) is 5.02 Å². The van der Waals surface area contributed by atoms with E-state index in [9.17, 15) is 4.79 Å². The van der Waals surface area contributed by atoms with Crippen LogP contribution in [-0.2, 0) is 0 Å². The summed E-state index contributed by atoms with van der Waals surface area (Å²) in [7, 11) is 0. The number of benzene rings is 2. The van der Waals surface area contributed by atoms with Crippen LogP contribution in [0.4, 0.5) is 0 Å². The number of carbonyl (C=O) groups excluding carboxylic acids is 1. The standard InChI is InChI=1S/C14H11ClO2/c1-10-2-5-13(6-3-10)17-14-7-4-12(15)8-11(14)9-16/h2-9H,1H3. The zero-order valence-corrected chi connectivity index (χ0v) is 10.1. The third-order valence-corrected chi connectivity index (χ3v) is 2.58. The molecule has 0 N–H and O–H groups in total. The van der Waals surface area contributed by atoms with E-state index >= 15 is 0 Å². The first kappa shape index (κ1) is 11.7. The van der Waals surface area contributed by atoms with Gasteiger partial charge in [-0.1, -0.05) is 29.3 Å². The third-order valence-electron chi connectivity index (χ3n) is 2.35. The lowest BCUT2D eigenvalue weighted by Gasteiger charge is -2.08. The third kappa shape index (κ3) is 2.86. The van der Waals surface area contributed by atoms with Crippen LogP contribution in [0, 0.1) is 6.92 Å². The van der Waals surface area contributed by atoms with Gasteiger partial charge in [-0.2, -0.15) is 0 Å². The molecule has 0 aliphatic carbocycles. The van der Waals surface area contributed by atoms with Gasteiger partial charge in [-0.3, -0.25) is 4.79 Å². The summed E-state index contributed by atoms with van der Waals surface area (Å²) in [4.78, 5) is 10.9. The quantitative estimate of drug-likeness (QED) is 0.757. The molecular formula is C14H11ClO2.